The molecule has 5 heterocycles. The van der Waals surface area contributed by atoms with Crippen LogP contribution in [0.2, 0.25) is 5.02 Å². The minimum absolute atomic E-state index is 0.0436. The number of nitriles is 2. The van der Waals surface area contributed by atoms with Gasteiger partial charge >= 0.3 is 6.01 Å². The van der Waals surface area contributed by atoms with Gasteiger partial charge in [-0.05, 0) is 69.8 Å². The number of amides is 1. The number of likely N-dealkylation sites (N-methyl/N-ethyl adjacent to an activating group) is 1. The van der Waals surface area contributed by atoms with Gasteiger partial charge in [0.1, 0.15) is 34.9 Å². The largest absolute Gasteiger partial charge is 0.467 e. The molecule has 50 heavy (non-hydrogen) atoms. The average molecular weight is 719 g/mol. The molecule has 4 aromatic rings. The number of benzene rings is 2. The van der Waals surface area contributed by atoms with E-state index in [1.165, 1.54) is 38.2 Å². The predicted molar refractivity (Wildman–Crippen MR) is 193 cm³/mol. The summed E-state index contributed by atoms with van der Waals surface area (Å²) in [5.41, 5.74) is 7.27. The summed E-state index contributed by atoms with van der Waals surface area (Å²) in [7, 11) is 1.43. The summed E-state index contributed by atoms with van der Waals surface area (Å²) < 4.78 is 33.0. The number of nitrogen functional groups attached to an aromatic ring is 1. The van der Waals surface area contributed by atoms with Crippen molar-refractivity contribution in [3.8, 4) is 29.3 Å². The highest BCUT2D eigenvalue weighted by molar-refractivity contribution is 7.23. The molecule has 2 aromatic carbocycles. The Bertz CT molecular complexity index is 2070. The maximum Gasteiger partial charge on any atom is 0.318 e. The van der Waals surface area contributed by atoms with Crippen LogP contribution in [0.1, 0.15) is 50.7 Å². The van der Waals surface area contributed by atoms with Gasteiger partial charge in [-0.15, -0.1) is 11.3 Å². The second-order valence-electron chi connectivity index (χ2n) is 12.6. The number of hydrogen-bond acceptors (Lipinski definition) is 10. The third kappa shape index (κ3) is 6.08. The molecule has 4 atom stereocenters. The van der Waals surface area contributed by atoms with E-state index in [-0.39, 0.29) is 60.8 Å². The van der Waals surface area contributed by atoms with Crippen LogP contribution in [0.5, 0.6) is 6.01 Å². The molecule has 14 heteroatoms. The monoisotopic (exact) mass is 718 g/mol. The van der Waals surface area contributed by atoms with Crippen LogP contribution in [0.15, 0.2) is 30.9 Å². The van der Waals surface area contributed by atoms with Crippen LogP contribution in [0.3, 0.4) is 0 Å². The number of ether oxygens (including phenoxy) is 1. The van der Waals surface area contributed by atoms with Crippen molar-refractivity contribution in [2.75, 3.05) is 43.9 Å². The maximum atomic E-state index is 14.8. The quantitative estimate of drug-likeness (QED) is 0.213. The summed E-state index contributed by atoms with van der Waals surface area (Å²) in [4.78, 5) is 27.7. The van der Waals surface area contributed by atoms with Gasteiger partial charge in [-0.3, -0.25) is 9.69 Å². The maximum absolute atomic E-state index is 14.8. The van der Waals surface area contributed by atoms with E-state index in [4.69, 9.17) is 22.1 Å². The molecule has 2 N–H and O–H groups in total. The van der Waals surface area contributed by atoms with E-state index in [0.29, 0.717) is 54.4 Å². The molecule has 2 aromatic heterocycles. The molecule has 0 spiro atoms. The Morgan fingerprint density at radius 1 is 1.26 bits per heavy atom. The molecule has 0 bridgehead atoms. The number of aromatic nitrogens is 2. The fourth-order valence-corrected chi connectivity index (χ4v) is 8.98. The zero-order valence-electron chi connectivity index (χ0n) is 28.0. The molecule has 3 fully saturated rings. The lowest BCUT2D eigenvalue weighted by atomic mass is 9.93. The lowest BCUT2D eigenvalue weighted by Crippen LogP contribution is -2.45. The van der Waals surface area contributed by atoms with Gasteiger partial charge in [0.15, 0.2) is 0 Å². The number of carbonyl (C=O) groups is 1. The number of likely N-dealkylation sites (tertiary alicyclic amines) is 1. The number of methoxy groups -OCH3 is 1. The standard InChI is InChI=1S/C29H25ClFN7O2S.C7H12FN/c1-5-22(39)38-10-9-21(14(38)3)37(6-2)28-16-11-19(30)23(17(12-32)25(16)35-29(36-28)40-4)15-7-8-20(31)26-24(15)18(13-33)27(34)41-26;8-6-4-7-2-1-3-9(7)5-6/h5,7-8,11,14,21H,1,6,9-10,34H2,2-4H3;6-7H,1-5H2/t14-,21-;/m1./s1. The molecule has 3 saturated heterocycles. The smallest absolute Gasteiger partial charge is 0.318 e. The normalized spacial score (nSPS) is 21.4. The fraction of sp³-hybridized carbons (Fsp3) is 0.417. The molecule has 7 rings (SSSR count). The number of halogens is 3. The summed E-state index contributed by atoms with van der Waals surface area (Å²) >= 11 is 7.87. The van der Waals surface area contributed by atoms with Gasteiger partial charge in [0.05, 0.1) is 39.5 Å². The number of anilines is 2. The Kier molecular flexibility index (Phi) is 10.1. The van der Waals surface area contributed by atoms with Gasteiger partial charge in [-0.25, -0.2) is 8.78 Å². The van der Waals surface area contributed by atoms with Gasteiger partial charge < -0.3 is 20.3 Å². The van der Waals surface area contributed by atoms with Crippen LogP contribution < -0.4 is 15.4 Å². The minimum atomic E-state index is -0.531. The van der Waals surface area contributed by atoms with Crippen molar-refractivity contribution in [1.29, 1.82) is 10.5 Å². The van der Waals surface area contributed by atoms with Crippen LogP contribution in [-0.2, 0) is 4.79 Å². The molecule has 1 amide bonds. The zero-order chi connectivity index (χ0) is 35.9. The van der Waals surface area contributed by atoms with E-state index >= 15 is 0 Å². The molecule has 3 aliphatic heterocycles. The molecule has 0 aliphatic carbocycles. The van der Waals surface area contributed by atoms with Crippen LogP contribution in [-0.4, -0.2) is 83.3 Å². The van der Waals surface area contributed by atoms with Gasteiger partial charge in [-0.2, -0.15) is 20.5 Å². The van der Waals surface area contributed by atoms with Gasteiger partial charge in [0.2, 0.25) is 5.91 Å². The van der Waals surface area contributed by atoms with Gasteiger partial charge in [0, 0.05) is 48.1 Å². The molecule has 260 valence electrons. The van der Waals surface area contributed by atoms with Crippen LogP contribution in [0, 0.1) is 28.5 Å². The van der Waals surface area contributed by atoms with Crippen LogP contribution in [0.4, 0.5) is 19.6 Å². The van der Waals surface area contributed by atoms with Crippen molar-refractivity contribution in [3.05, 3.63) is 52.8 Å². The minimum Gasteiger partial charge on any atom is -0.467 e. The highest BCUT2D eigenvalue weighted by Gasteiger charge is 2.38. The molecule has 3 aliphatic rings. The first-order valence-corrected chi connectivity index (χ1v) is 17.7. The summed E-state index contributed by atoms with van der Waals surface area (Å²) in [6.45, 7) is 10.5. The number of thiophene rings is 1. The lowest BCUT2D eigenvalue weighted by molar-refractivity contribution is -0.126. The van der Waals surface area contributed by atoms with Crippen LogP contribution in [0.25, 0.3) is 32.1 Å². The number of fused-ring (bicyclic) bond motifs is 3. The van der Waals surface area contributed by atoms with Crippen molar-refractivity contribution in [2.24, 2.45) is 0 Å². The SMILES string of the molecule is C=CC(=O)N1CC[C@@H](N(CC)c2nc(OC)nc3c(C#N)c(-c4ccc(F)c5sc(N)c(C#N)c45)c(Cl)cc23)[C@H]1C.FC1CC2CCCN2C1. The number of nitrogens with zero attached hydrogens (tertiary/aromatic N) is 7. The molecular weight excluding hydrogens is 682 g/mol. The Labute approximate surface area is 298 Å². The molecule has 0 saturated carbocycles. The third-order valence-corrected chi connectivity index (χ3v) is 11.4. The van der Waals surface area contributed by atoms with E-state index in [0.717, 1.165) is 24.3 Å². The number of alkyl halides is 1. The molecule has 0 radical (unpaired) electrons. The highest BCUT2D eigenvalue weighted by Crippen LogP contribution is 2.46. The van der Waals surface area contributed by atoms with E-state index < -0.39 is 12.0 Å². The summed E-state index contributed by atoms with van der Waals surface area (Å²) in [6.07, 6.45) is 4.82. The van der Waals surface area contributed by atoms with Gasteiger partial charge in [-0.1, -0.05) is 24.2 Å². The van der Waals surface area contributed by atoms with Crippen molar-refractivity contribution < 1.29 is 18.3 Å². The first-order valence-electron chi connectivity index (χ1n) is 16.5. The molecule has 10 nitrogen and oxygen atoms in total. The number of nitrogens with two attached hydrogens (primary N) is 1. The highest BCUT2D eigenvalue weighted by atomic mass is 35.5. The second kappa shape index (κ2) is 14.4. The fourth-order valence-electron chi connectivity index (χ4n) is 7.73. The molecular formula is C36H37ClF2N8O2S. The Morgan fingerprint density at radius 3 is 2.68 bits per heavy atom. The average Bonchev–Trinajstić information content (AvgIpc) is 3.88. The van der Waals surface area contributed by atoms with E-state index in [2.05, 4.69) is 38.5 Å². The van der Waals surface area contributed by atoms with E-state index in [1.54, 1.807) is 11.0 Å². The number of carbonyl (C=O) groups excluding carboxylic acids is 1. The van der Waals surface area contributed by atoms with E-state index in [9.17, 15) is 24.1 Å². The molecule has 2 unspecified atom stereocenters. The lowest BCUT2D eigenvalue weighted by Gasteiger charge is -2.34. The topological polar surface area (TPSA) is 135 Å². The summed E-state index contributed by atoms with van der Waals surface area (Å²) in [6, 6.07) is 9.14. The van der Waals surface area contributed by atoms with Crippen molar-refractivity contribution >= 4 is 60.7 Å². The van der Waals surface area contributed by atoms with Crippen molar-refractivity contribution in [2.45, 2.75) is 63.8 Å². The summed E-state index contributed by atoms with van der Waals surface area (Å²) in [5.74, 6) is -0.167. The first kappa shape index (κ1) is 35.3. The van der Waals surface area contributed by atoms with E-state index in [1.807, 2.05) is 13.8 Å². The Hall–Kier alpha value is -4.56. The number of rotatable bonds is 6. The van der Waals surface area contributed by atoms with Crippen LogP contribution >= 0.6 is 22.9 Å². The first-order chi connectivity index (χ1) is 24.1. The Balaban J connectivity index is 0.000000412. The number of hydrogen-bond donors (Lipinski definition) is 1. The van der Waals surface area contributed by atoms with Crippen molar-refractivity contribution in [3.63, 3.8) is 0 Å². The third-order valence-electron chi connectivity index (χ3n) is 10.0. The second-order valence-corrected chi connectivity index (χ2v) is 14.1. The van der Waals surface area contributed by atoms with Gasteiger partial charge in [0.25, 0.3) is 0 Å². The summed E-state index contributed by atoms with van der Waals surface area (Å²) in [5, 5.41) is 21.4. The Morgan fingerprint density at radius 2 is 2.02 bits per heavy atom. The predicted octanol–water partition coefficient (Wildman–Crippen LogP) is 6.83. The van der Waals surface area contributed by atoms with Crippen molar-refractivity contribution in [1.82, 2.24) is 19.8 Å². The zero-order valence-corrected chi connectivity index (χ0v) is 29.6.